The van der Waals surface area contributed by atoms with Crippen molar-refractivity contribution in [3.8, 4) is 5.75 Å². The van der Waals surface area contributed by atoms with Gasteiger partial charge in [-0.3, -0.25) is 4.79 Å². The maximum atomic E-state index is 13.2. The van der Waals surface area contributed by atoms with Gasteiger partial charge >= 0.3 is 5.97 Å². The third kappa shape index (κ3) is 5.04. The number of phenols is 1. The average Bonchev–Trinajstić information content (AvgIpc) is 2.57. The van der Waals surface area contributed by atoms with Crippen LogP contribution in [0.1, 0.15) is 28.4 Å². The number of nitrogens with zero attached hydrogens (tertiary/aromatic N) is 1. The van der Waals surface area contributed by atoms with Crippen molar-refractivity contribution < 1.29 is 23.8 Å². The van der Waals surface area contributed by atoms with Crippen LogP contribution < -0.4 is 0 Å². The standard InChI is InChI=1S/C19H20FNO4/c1-3-21(11-14-5-4-6-15(20)10-14)18(23)12-25-19(24)16-8-7-13(2)9-17(16)22/h4-10,22H,3,11-12H2,1-2H3. The van der Waals surface area contributed by atoms with Crippen LogP contribution in [0.5, 0.6) is 5.75 Å². The van der Waals surface area contributed by atoms with E-state index < -0.39 is 18.5 Å². The number of phenolic OH excluding ortho intramolecular Hbond substituents is 1. The molecule has 2 rings (SSSR count). The zero-order chi connectivity index (χ0) is 18.4. The molecular weight excluding hydrogens is 325 g/mol. The third-order valence-corrected chi connectivity index (χ3v) is 3.70. The van der Waals surface area contributed by atoms with Gasteiger partial charge in [-0.15, -0.1) is 0 Å². The fraction of sp³-hybridized carbons (Fsp3) is 0.263. The van der Waals surface area contributed by atoms with Gasteiger partial charge in [-0.25, -0.2) is 9.18 Å². The second kappa shape index (κ2) is 8.28. The number of hydrogen-bond donors (Lipinski definition) is 1. The van der Waals surface area contributed by atoms with Gasteiger partial charge < -0.3 is 14.7 Å². The zero-order valence-electron chi connectivity index (χ0n) is 14.2. The number of benzene rings is 2. The molecule has 6 heteroatoms. The Hall–Kier alpha value is -2.89. The molecule has 0 aliphatic carbocycles. The van der Waals surface area contributed by atoms with E-state index in [0.717, 1.165) is 5.56 Å². The Labute approximate surface area is 145 Å². The van der Waals surface area contributed by atoms with Crippen molar-refractivity contribution in [2.45, 2.75) is 20.4 Å². The molecule has 0 aromatic heterocycles. The van der Waals surface area contributed by atoms with Gasteiger partial charge in [-0.1, -0.05) is 18.2 Å². The quantitative estimate of drug-likeness (QED) is 0.817. The molecule has 2 aromatic carbocycles. The second-order valence-electron chi connectivity index (χ2n) is 5.63. The highest BCUT2D eigenvalue weighted by atomic mass is 19.1. The van der Waals surface area contributed by atoms with Gasteiger partial charge in [0.05, 0.1) is 0 Å². The van der Waals surface area contributed by atoms with Gasteiger partial charge in [-0.2, -0.15) is 0 Å². The number of amides is 1. The highest BCUT2D eigenvalue weighted by Crippen LogP contribution is 2.19. The van der Waals surface area contributed by atoms with E-state index in [0.29, 0.717) is 12.1 Å². The lowest BCUT2D eigenvalue weighted by Gasteiger charge is -2.21. The van der Waals surface area contributed by atoms with Crippen molar-refractivity contribution in [1.82, 2.24) is 4.90 Å². The monoisotopic (exact) mass is 345 g/mol. The van der Waals surface area contributed by atoms with E-state index >= 15 is 0 Å². The second-order valence-corrected chi connectivity index (χ2v) is 5.63. The number of esters is 1. The number of carbonyl (C=O) groups excluding carboxylic acids is 2. The molecule has 0 saturated carbocycles. The predicted molar refractivity (Wildman–Crippen MR) is 90.6 cm³/mol. The third-order valence-electron chi connectivity index (χ3n) is 3.70. The molecule has 25 heavy (non-hydrogen) atoms. The van der Waals surface area contributed by atoms with Crippen LogP contribution in [0.15, 0.2) is 42.5 Å². The zero-order valence-corrected chi connectivity index (χ0v) is 14.2. The van der Waals surface area contributed by atoms with Crippen LogP contribution in [-0.2, 0) is 16.1 Å². The summed E-state index contributed by atoms with van der Waals surface area (Å²) in [6, 6.07) is 10.5. The SMILES string of the molecule is CCN(Cc1cccc(F)c1)C(=O)COC(=O)c1ccc(C)cc1O. The highest BCUT2D eigenvalue weighted by molar-refractivity contribution is 5.93. The average molecular weight is 345 g/mol. The molecule has 1 N–H and O–H groups in total. The molecule has 0 heterocycles. The van der Waals surface area contributed by atoms with E-state index in [2.05, 4.69) is 0 Å². The summed E-state index contributed by atoms with van der Waals surface area (Å²) in [5, 5.41) is 9.77. The summed E-state index contributed by atoms with van der Waals surface area (Å²) in [7, 11) is 0. The molecular formula is C19H20FNO4. The molecule has 132 valence electrons. The molecule has 0 radical (unpaired) electrons. The van der Waals surface area contributed by atoms with Crippen LogP contribution in [0.25, 0.3) is 0 Å². The van der Waals surface area contributed by atoms with Gasteiger partial charge in [0, 0.05) is 13.1 Å². The first-order valence-electron chi connectivity index (χ1n) is 7.89. The van der Waals surface area contributed by atoms with Gasteiger partial charge in [0.15, 0.2) is 6.61 Å². The molecule has 0 aliphatic rings. The first-order valence-corrected chi connectivity index (χ1v) is 7.89. The molecule has 1 amide bonds. The van der Waals surface area contributed by atoms with Crippen LogP contribution >= 0.6 is 0 Å². The molecule has 0 unspecified atom stereocenters. The van der Waals surface area contributed by atoms with Crippen molar-refractivity contribution in [1.29, 1.82) is 0 Å². The number of hydrogen-bond acceptors (Lipinski definition) is 4. The fourth-order valence-electron chi connectivity index (χ4n) is 2.34. The van der Waals surface area contributed by atoms with E-state index in [4.69, 9.17) is 4.74 Å². The summed E-state index contributed by atoms with van der Waals surface area (Å²) in [5.74, 6) is -1.73. The van der Waals surface area contributed by atoms with Crippen molar-refractivity contribution in [3.63, 3.8) is 0 Å². The number of carbonyl (C=O) groups is 2. The van der Waals surface area contributed by atoms with Crippen molar-refractivity contribution >= 4 is 11.9 Å². The summed E-state index contributed by atoms with van der Waals surface area (Å²) < 4.78 is 18.2. The molecule has 0 saturated heterocycles. The molecule has 0 spiro atoms. The van der Waals surface area contributed by atoms with Crippen LogP contribution in [0, 0.1) is 12.7 Å². The van der Waals surface area contributed by atoms with E-state index in [1.807, 2.05) is 0 Å². The number of halogens is 1. The van der Waals surface area contributed by atoms with E-state index in [1.54, 1.807) is 32.0 Å². The number of likely N-dealkylation sites (N-methyl/N-ethyl adjacent to an activating group) is 1. The summed E-state index contributed by atoms with van der Waals surface area (Å²) in [5.41, 5.74) is 1.46. The van der Waals surface area contributed by atoms with E-state index in [1.165, 1.54) is 29.2 Å². The normalized spacial score (nSPS) is 10.4. The van der Waals surface area contributed by atoms with Crippen molar-refractivity contribution in [2.24, 2.45) is 0 Å². The smallest absolute Gasteiger partial charge is 0.342 e. The number of aromatic hydroxyl groups is 1. The van der Waals surface area contributed by atoms with Crippen molar-refractivity contribution in [3.05, 3.63) is 65.0 Å². The Kier molecular flexibility index (Phi) is 6.11. The van der Waals surface area contributed by atoms with Gasteiger partial charge in [-0.05, 0) is 49.2 Å². The summed E-state index contributed by atoms with van der Waals surface area (Å²) in [6.45, 7) is 3.73. The summed E-state index contributed by atoms with van der Waals surface area (Å²) >= 11 is 0. The van der Waals surface area contributed by atoms with Gasteiger partial charge in [0.1, 0.15) is 17.1 Å². The minimum atomic E-state index is -0.771. The number of rotatable bonds is 6. The van der Waals surface area contributed by atoms with Gasteiger partial charge in [0.25, 0.3) is 5.91 Å². The largest absolute Gasteiger partial charge is 0.507 e. The molecule has 0 atom stereocenters. The highest BCUT2D eigenvalue weighted by Gasteiger charge is 2.18. The lowest BCUT2D eigenvalue weighted by molar-refractivity contribution is -0.135. The Balaban J connectivity index is 1.96. The molecule has 0 fully saturated rings. The summed E-state index contributed by atoms with van der Waals surface area (Å²) in [4.78, 5) is 25.7. The maximum Gasteiger partial charge on any atom is 0.342 e. The minimum Gasteiger partial charge on any atom is -0.507 e. The Morgan fingerprint density at radius 3 is 2.60 bits per heavy atom. The van der Waals surface area contributed by atoms with E-state index in [9.17, 15) is 19.1 Å². The first-order chi connectivity index (χ1) is 11.9. The number of aryl methyl sites for hydroxylation is 1. The lowest BCUT2D eigenvalue weighted by Crippen LogP contribution is -2.34. The van der Waals surface area contributed by atoms with Crippen LogP contribution in [-0.4, -0.2) is 35.0 Å². The van der Waals surface area contributed by atoms with Gasteiger partial charge in [0.2, 0.25) is 0 Å². The lowest BCUT2D eigenvalue weighted by atomic mass is 10.1. The van der Waals surface area contributed by atoms with Crippen LogP contribution in [0.2, 0.25) is 0 Å². The molecule has 0 aliphatic heterocycles. The Bertz CT molecular complexity index is 776. The van der Waals surface area contributed by atoms with Crippen LogP contribution in [0.4, 0.5) is 4.39 Å². The fourth-order valence-corrected chi connectivity index (χ4v) is 2.34. The van der Waals surface area contributed by atoms with Crippen LogP contribution in [0.3, 0.4) is 0 Å². The van der Waals surface area contributed by atoms with Crippen molar-refractivity contribution in [2.75, 3.05) is 13.2 Å². The predicted octanol–water partition coefficient (Wildman–Crippen LogP) is 3.05. The van der Waals surface area contributed by atoms with E-state index in [-0.39, 0.29) is 23.7 Å². The first kappa shape index (κ1) is 18.4. The molecule has 0 bridgehead atoms. The topological polar surface area (TPSA) is 66.8 Å². The Morgan fingerprint density at radius 2 is 1.96 bits per heavy atom. The molecule has 5 nitrogen and oxygen atoms in total. The minimum absolute atomic E-state index is 0.00609. The maximum absolute atomic E-state index is 13.2. The molecule has 2 aromatic rings. The summed E-state index contributed by atoms with van der Waals surface area (Å²) in [6.07, 6.45) is 0. The number of ether oxygens (including phenoxy) is 1. The Morgan fingerprint density at radius 1 is 1.20 bits per heavy atom.